The molecule has 1 saturated heterocycles. The van der Waals surface area contributed by atoms with Gasteiger partial charge in [-0.05, 0) is 31.9 Å². The Morgan fingerprint density at radius 3 is 2.12 bits per heavy atom. The van der Waals surface area contributed by atoms with Crippen LogP contribution in [0.1, 0.15) is 47.0 Å². The third-order valence-electron chi connectivity index (χ3n) is 6.44. The van der Waals surface area contributed by atoms with Gasteiger partial charge in [-0.1, -0.05) is 12.1 Å². The molecule has 222 valence electrons. The van der Waals surface area contributed by atoms with E-state index in [1.165, 1.54) is 19.1 Å². The molecule has 2 heterocycles. The monoisotopic (exact) mass is 573 g/mol. The van der Waals surface area contributed by atoms with Crippen molar-refractivity contribution in [2.24, 2.45) is 0 Å². The lowest BCUT2D eigenvalue weighted by molar-refractivity contribution is -0.139. The number of hydrogen-bond acceptors (Lipinski definition) is 11. The number of nitrogens with one attached hydrogen (secondary N) is 1. The predicted octanol–water partition coefficient (Wildman–Crippen LogP) is 0.412. The van der Waals surface area contributed by atoms with Crippen molar-refractivity contribution >= 4 is 35.3 Å². The molecule has 1 aliphatic heterocycles. The number of aromatic carboxylic acids is 1. The van der Waals surface area contributed by atoms with Crippen molar-refractivity contribution in [3.63, 3.8) is 0 Å². The van der Waals surface area contributed by atoms with E-state index in [0.717, 1.165) is 0 Å². The van der Waals surface area contributed by atoms with Gasteiger partial charge in [0.15, 0.2) is 23.1 Å². The number of nitrogens with zero attached hydrogens (tertiary/aromatic N) is 4. The summed E-state index contributed by atoms with van der Waals surface area (Å²) in [4.78, 5) is 61.6. The van der Waals surface area contributed by atoms with E-state index in [9.17, 15) is 39.6 Å². The summed E-state index contributed by atoms with van der Waals surface area (Å²) in [7, 11) is 0. The molecule has 1 amide bonds. The lowest BCUT2D eigenvalue weighted by atomic mass is 10.1. The molecule has 0 unspecified atom stereocenters. The SMILES string of the molecule is CC(=O)[C@@H](CC(=O)O)NC(=O)c1nc(N(CCCO)CCCO)c(-c2ccc(C(=O)O)cc2)nc1N1CCOCC1. The minimum Gasteiger partial charge on any atom is -0.481 e. The number of carbonyl (C=O) groups is 4. The molecular formula is C27H35N5O9. The molecule has 0 bridgehead atoms. The van der Waals surface area contributed by atoms with E-state index in [1.807, 2.05) is 0 Å². The molecule has 1 aliphatic rings. The van der Waals surface area contributed by atoms with Crippen LogP contribution in [0.25, 0.3) is 11.3 Å². The number of morpholine rings is 1. The van der Waals surface area contributed by atoms with Crippen LogP contribution in [0.4, 0.5) is 11.6 Å². The first-order valence-corrected chi connectivity index (χ1v) is 13.2. The Bertz CT molecular complexity index is 1220. The van der Waals surface area contributed by atoms with Gasteiger partial charge in [-0.3, -0.25) is 14.4 Å². The first-order valence-electron chi connectivity index (χ1n) is 13.2. The van der Waals surface area contributed by atoms with Crippen LogP contribution < -0.4 is 15.1 Å². The Morgan fingerprint density at radius 1 is 1.00 bits per heavy atom. The number of rotatable bonds is 15. The lowest BCUT2D eigenvalue weighted by Gasteiger charge is -2.31. The van der Waals surface area contributed by atoms with Crippen LogP contribution in [0.3, 0.4) is 0 Å². The minimum atomic E-state index is -1.29. The third-order valence-corrected chi connectivity index (χ3v) is 6.44. The molecular weight excluding hydrogens is 538 g/mol. The van der Waals surface area contributed by atoms with Gasteiger partial charge in [-0.2, -0.15) is 0 Å². The largest absolute Gasteiger partial charge is 0.481 e. The van der Waals surface area contributed by atoms with E-state index in [1.54, 1.807) is 21.9 Å². The van der Waals surface area contributed by atoms with E-state index < -0.39 is 36.1 Å². The average Bonchev–Trinajstić information content (AvgIpc) is 2.96. The Hall–Kier alpha value is -4.14. The van der Waals surface area contributed by atoms with Crippen molar-refractivity contribution in [2.45, 2.75) is 32.2 Å². The number of aliphatic carboxylic acids is 1. The fourth-order valence-corrected chi connectivity index (χ4v) is 4.29. The molecule has 3 rings (SSSR count). The van der Waals surface area contributed by atoms with Crippen molar-refractivity contribution in [3.8, 4) is 11.3 Å². The van der Waals surface area contributed by atoms with E-state index in [4.69, 9.17) is 14.7 Å². The van der Waals surface area contributed by atoms with Crippen molar-refractivity contribution in [2.75, 3.05) is 62.4 Å². The maximum absolute atomic E-state index is 13.6. The number of hydrogen-bond donors (Lipinski definition) is 5. The standard InChI is InChI=1S/C27H35N5O9/c1-17(35)20(16-21(36)37)28-26(38)23-25(32-10-14-41-15-11-32)29-22(18-4-6-19(7-5-18)27(39)40)24(30-23)31(8-2-12-33)9-3-13-34/h4-7,20,33-34H,2-3,8-16H2,1H3,(H,28,38)(H,36,37)(H,39,40)/t20-/m1/s1. The lowest BCUT2D eigenvalue weighted by Crippen LogP contribution is -2.44. The summed E-state index contributed by atoms with van der Waals surface area (Å²) in [6.07, 6.45) is 0.0892. The Kier molecular flexibility index (Phi) is 11.5. The Balaban J connectivity index is 2.22. The zero-order valence-corrected chi connectivity index (χ0v) is 22.8. The summed E-state index contributed by atoms with van der Waals surface area (Å²) in [6.45, 7) is 3.04. The zero-order chi connectivity index (χ0) is 29.9. The fourth-order valence-electron chi connectivity index (χ4n) is 4.29. The summed E-state index contributed by atoms with van der Waals surface area (Å²) in [5.41, 5.74) is 0.787. The molecule has 0 aliphatic carbocycles. The molecule has 1 aromatic heterocycles. The number of benzene rings is 1. The summed E-state index contributed by atoms with van der Waals surface area (Å²) in [5, 5.41) is 40.1. The molecule has 14 nitrogen and oxygen atoms in total. The molecule has 41 heavy (non-hydrogen) atoms. The van der Waals surface area contributed by atoms with Gasteiger partial charge in [-0.15, -0.1) is 0 Å². The van der Waals surface area contributed by atoms with E-state index in [-0.39, 0.29) is 36.1 Å². The number of carboxylic acids is 2. The fraction of sp³-hybridized carbons (Fsp3) is 0.481. The van der Waals surface area contributed by atoms with E-state index in [2.05, 4.69) is 5.32 Å². The van der Waals surface area contributed by atoms with Gasteiger partial charge in [-0.25, -0.2) is 14.8 Å². The van der Waals surface area contributed by atoms with Crippen molar-refractivity contribution in [1.82, 2.24) is 15.3 Å². The van der Waals surface area contributed by atoms with Crippen LogP contribution in [-0.4, -0.2) is 113 Å². The van der Waals surface area contributed by atoms with Crippen LogP contribution >= 0.6 is 0 Å². The van der Waals surface area contributed by atoms with Gasteiger partial charge in [0.1, 0.15) is 5.69 Å². The first-order chi connectivity index (χ1) is 19.7. The van der Waals surface area contributed by atoms with Crippen LogP contribution in [0.15, 0.2) is 24.3 Å². The van der Waals surface area contributed by atoms with Gasteiger partial charge >= 0.3 is 11.9 Å². The molecule has 1 aromatic carbocycles. The van der Waals surface area contributed by atoms with Crippen LogP contribution in [0.5, 0.6) is 0 Å². The van der Waals surface area contributed by atoms with Crippen molar-refractivity contribution in [1.29, 1.82) is 0 Å². The van der Waals surface area contributed by atoms with E-state index in [0.29, 0.717) is 63.5 Å². The number of Topliss-reactive ketones (excluding diaryl/α,β-unsaturated/α-hetero) is 1. The summed E-state index contributed by atoms with van der Waals surface area (Å²) in [5.74, 6) is -3.26. The summed E-state index contributed by atoms with van der Waals surface area (Å²) < 4.78 is 5.45. The maximum Gasteiger partial charge on any atom is 0.335 e. The van der Waals surface area contributed by atoms with Gasteiger partial charge in [0.05, 0.1) is 31.2 Å². The number of amides is 1. The molecule has 14 heteroatoms. The smallest absolute Gasteiger partial charge is 0.335 e. The molecule has 1 fully saturated rings. The maximum atomic E-state index is 13.6. The molecule has 2 aromatic rings. The highest BCUT2D eigenvalue weighted by molar-refractivity contribution is 6.01. The second-order valence-corrected chi connectivity index (χ2v) is 9.43. The number of carbonyl (C=O) groups excluding carboxylic acids is 2. The number of ether oxygens (including phenoxy) is 1. The third kappa shape index (κ3) is 8.42. The molecule has 1 atom stereocenters. The Morgan fingerprint density at radius 2 is 1.61 bits per heavy atom. The molecule has 0 saturated carbocycles. The highest BCUT2D eigenvalue weighted by Gasteiger charge is 2.30. The number of aromatic nitrogens is 2. The van der Waals surface area contributed by atoms with Gasteiger partial charge in [0.25, 0.3) is 5.91 Å². The number of anilines is 2. The second-order valence-electron chi connectivity index (χ2n) is 9.43. The minimum absolute atomic E-state index is 0.0683. The molecule has 0 radical (unpaired) electrons. The van der Waals surface area contributed by atoms with Crippen molar-refractivity contribution in [3.05, 3.63) is 35.5 Å². The quantitative estimate of drug-likeness (QED) is 0.196. The van der Waals surface area contributed by atoms with E-state index >= 15 is 0 Å². The number of ketones is 1. The molecule has 5 N–H and O–H groups in total. The number of aliphatic hydroxyl groups is 2. The average molecular weight is 574 g/mol. The number of aliphatic hydroxyl groups excluding tert-OH is 2. The van der Waals surface area contributed by atoms with Gasteiger partial charge in [0, 0.05) is 45.0 Å². The van der Waals surface area contributed by atoms with Crippen molar-refractivity contribution < 1.29 is 44.3 Å². The predicted molar refractivity (Wildman–Crippen MR) is 147 cm³/mol. The van der Waals surface area contributed by atoms with Crippen LogP contribution in [-0.2, 0) is 14.3 Å². The Labute approximate surface area is 236 Å². The highest BCUT2D eigenvalue weighted by Crippen LogP contribution is 2.33. The van der Waals surface area contributed by atoms with Crippen LogP contribution in [0.2, 0.25) is 0 Å². The van der Waals surface area contributed by atoms with Crippen LogP contribution in [0, 0.1) is 0 Å². The topological polar surface area (TPSA) is 203 Å². The van der Waals surface area contributed by atoms with Gasteiger partial charge in [0.2, 0.25) is 0 Å². The molecule has 0 spiro atoms. The summed E-state index contributed by atoms with van der Waals surface area (Å²) in [6, 6.07) is 4.72. The summed E-state index contributed by atoms with van der Waals surface area (Å²) >= 11 is 0. The first kappa shape index (κ1) is 31.4. The second kappa shape index (κ2) is 15.0. The van der Waals surface area contributed by atoms with Gasteiger partial charge < -0.3 is 40.3 Å². The number of carboxylic acid groups (broad SMARTS) is 2. The zero-order valence-electron chi connectivity index (χ0n) is 22.8. The highest BCUT2D eigenvalue weighted by atomic mass is 16.5. The normalized spacial score (nSPS) is 13.9.